The van der Waals surface area contributed by atoms with Crippen molar-refractivity contribution in [1.29, 1.82) is 0 Å². The zero-order valence-electron chi connectivity index (χ0n) is 14.8. The Labute approximate surface area is 152 Å². The molecule has 9 heteroatoms. The van der Waals surface area contributed by atoms with Crippen LogP contribution in [0.2, 0.25) is 0 Å². The van der Waals surface area contributed by atoms with Crippen LogP contribution < -0.4 is 10.4 Å². The molecule has 3 aromatic rings. The third kappa shape index (κ3) is 3.82. The second-order valence-electron chi connectivity index (χ2n) is 6.79. The summed E-state index contributed by atoms with van der Waals surface area (Å²) in [6, 6.07) is 6.22. The number of H-pyrrole nitrogens is 1. The summed E-state index contributed by atoms with van der Waals surface area (Å²) < 4.78 is 44.7. The molecular weight excluding hydrogens is 363 g/mol. The van der Waals surface area contributed by atoms with E-state index in [1.807, 2.05) is 0 Å². The monoisotopic (exact) mass is 381 g/mol. The summed E-state index contributed by atoms with van der Waals surface area (Å²) in [6.45, 7) is 4.89. The summed E-state index contributed by atoms with van der Waals surface area (Å²) in [5.41, 5.74) is -1.36. The predicted molar refractivity (Wildman–Crippen MR) is 92.9 cm³/mol. The summed E-state index contributed by atoms with van der Waals surface area (Å²) in [5, 5.41) is 10.2. The number of nitrogens with zero attached hydrogens (tertiary/aromatic N) is 2. The second kappa shape index (κ2) is 6.41. The lowest BCUT2D eigenvalue weighted by atomic mass is 10.0. The number of pyridine rings is 1. The van der Waals surface area contributed by atoms with Gasteiger partial charge in [-0.15, -0.1) is 0 Å². The highest BCUT2D eigenvalue weighted by atomic mass is 19.4. The molecular formula is C18H18F3N3O3. The highest BCUT2D eigenvalue weighted by molar-refractivity contribution is 5.77. The van der Waals surface area contributed by atoms with Gasteiger partial charge >= 0.3 is 11.9 Å². The van der Waals surface area contributed by atoms with Gasteiger partial charge in [-0.1, -0.05) is 0 Å². The van der Waals surface area contributed by atoms with Gasteiger partial charge in [0.15, 0.2) is 0 Å². The molecule has 0 radical (unpaired) electrons. The first-order valence-electron chi connectivity index (χ1n) is 8.14. The Bertz CT molecular complexity index is 1010. The van der Waals surface area contributed by atoms with Gasteiger partial charge in [0.05, 0.1) is 28.2 Å². The quantitative estimate of drug-likeness (QED) is 0.719. The molecule has 0 bridgehead atoms. The first-order valence-corrected chi connectivity index (χ1v) is 8.14. The fraction of sp³-hybridized carbons (Fsp3) is 0.333. The minimum Gasteiger partial charge on any atom is -0.439 e. The summed E-state index contributed by atoms with van der Waals surface area (Å²) in [7, 11) is 0. The summed E-state index contributed by atoms with van der Waals surface area (Å²) in [4.78, 5) is 18.6. The van der Waals surface area contributed by atoms with Crippen molar-refractivity contribution in [3.8, 4) is 11.6 Å². The van der Waals surface area contributed by atoms with Crippen LogP contribution in [-0.2, 0) is 6.18 Å². The van der Waals surface area contributed by atoms with E-state index in [2.05, 4.69) is 9.97 Å². The number of aromatic amines is 1. The summed E-state index contributed by atoms with van der Waals surface area (Å²) in [6.07, 6.45) is -3.78. The van der Waals surface area contributed by atoms with E-state index in [1.165, 1.54) is 4.57 Å². The lowest BCUT2D eigenvalue weighted by Crippen LogP contribution is -2.35. The number of ether oxygens (including phenoxy) is 1. The molecule has 0 spiro atoms. The van der Waals surface area contributed by atoms with E-state index in [0.717, 1.165) is 12.1 Å². The fourth-order valence-electron chi connectivity index (χ4n) is 2.59. The van der Waals surface area contributed by atoms with Crippen LogP contribution >= 0.6 is 0 Å². The largest absolute Gasteiger partial charge is 0.439 e. The van der Waals surface area contributed by atoms with E-state index >= 15 is 0 Å². The van der Waals surface area contributed by atoms with Crippen molar-refractivity contribution in [3.05, 3.63) is 52.6 Å². The second-order valence-corrected chi connectivity index (χ2v) is 6.79. The first-order chi connectivity index (χ1) is 12.5. The Morgan fingerprint density at radius 3 is 2.48 bits per heavy atom. The Balaban J connectivity index is 1.96. The van der Waals surface area contributed by atoms with E-state index in [4.69, 9.17) is 4.74 Å². The van der Waals surface area contributed by atoms with Gasteiger partial charge in [-0.2, -0.15) is 13.2 Å². The van der Waals surface area contributed by atoms with Crippen LogP contribution in [0.15, 0.2) is 41.3 Å². The molecule has 0 fully saturated rings. The van der Waals surface area contributed by atoms with Gasteiger partial charge in [0.1, 0.15) is 5.75 Å². The topological polar surface area (TPSA) is 80.1 Å². The molecule has 0 saturated carbocycles. The zero-order chi connectivity index (χ0) is 20.0. The third-order valence-corrected chi connectivity index (χ3v) is 4.38. The lowest BCUT2D eigenvalue weighted by molar-refractivity contribution is -0.137. The standard InChI is InChI=1S/C18H18F3N3O3/c1-10(17(2,3)26)24-14-8-12(5-6-13(14)23-16(24)25)27-15-7-4-11(9-22-15)18(19,20)21/h4-10,26H,1-3H3,(H,23,25). The molecule has 3 rings (SSSR count). The van der Waals surface area contributed by atoms with Crippen LogP contribution in [-0.4, -0.2) is 25.2 Å². The van der Waals surface area contributed by atoms with Crippen molar-refractivity contribution in [2.45, 2.75) is 38.6 Å². The number of halogens is 3. The SMILES string of the molecule is CC(n1c(=O)[nH]c2ccc(Oc3ccc(C(F)(F)F)cn3)cc21)C(C)(C)O. The molecule has 2 heterocycles. The van der Waals surface area contributed by atoms with Gasteiger partial charge in [-0.05, 0) is 39.0 Å². The average molecular weight is 381 g/mol. The van der Waals surface area contributed by atoms with Gasteiger partial charge in [-0.3, -0.25) is 4.57 Å². The molecule has 1 unspecified atom stereocenters. The van der Waals surface area contributed by atoms with Crippen LogP contribution in [0.25, 0.3) is 11.0 Å². The smallest absolute Gasteiger partial charge is 0.417 e. The van der Waals surface area contributed by atoms with Crippen molar-refractivity contribution < 1.29 is 23.0 Å². The van der Waals surface area contributed by atoms with Crippen LogP contribution in [0.4, 0.5) is 13.2 Å². The summed E-state index contributed by atoms with van der Waals surface area (Å²) in [5.74, 6) is 0.285. The molecule has 144 valence electrons. The number of hydrogen-bond acceptors (Lipinski definition) is 4. The van der Waals surface area contributed by atoms with Gasteiger partial charge in [0, 0.05) is 18.3 Å². The zero-order valence-corrected chi connectivity index (χ0v) is 14.8. The van der Waals surface area contributed by atoms with Crippen LogP contribution in [0.1, 0.15) is 32.4 Å². The maximum absolute atomic E-state index is 12.6. The molecule has 0 aliphatic carbocycles. The maximum atomic E-state index is 12.6. The van der Waals surface area contributed by atoms with E-state index in [9.17, 15) is 23.1 Å². The van der Waals surface area contributed by atoms with Gasteiger partial charge in [0.2, 0.25) is 5.88 Å². The molecule has 0 saturated heterocycles. The minimum atomic E-state index is -4.47. The predicted octanol–water partition coefficient (Wildman–Crippen LogP) is 3.87. The molecule has 1 atom stereocenters. The molecule has 6 nitrogen and oxygen atoms in total. The average Bonchev–Trinajstić information content (AvgIpc) is 2.88. The number of aliphatic hydroxyl groups is 1. The number of rotatable bonds is 4. The molecule has 1 aromatic carbocycles. The Kier molecular flexibility index (Phi) is 4.51. The van der Waals surface area contributed by atoms with Crippen LogP contribution in [0, 0.1) is 0 Å². The Morgan fingerprint density at radius 1 is 1.22 bits per heavy atom. The van der Waals surface area contributed by atoms with Gasteiger partial charge < -0.3 is 14.8 Å². The number of alkyl halides is 3. The normalized spacial score (nSPS) is 13.7. The molecule has 0 aliphatic rings. The first kappa shape index (κ1) is 19.0. The van der Waals surface area contributed by atoms with Gasteiger partial charge in [0.25, 0.3) is 0 Å². The number of imidazole rings is 1. The van der Waals surface area contributed by atoms with E-state index in [1.54, 1.807) is 39.0 Å². The summed E-state index contributed by atoms with van der Waals surface area (Å²) >= 11 is 0. The van der Waals surface area contributed by atoms with Crippen LogP contribution in [0.5, 0.6) is 11.6 Å². The van der Waals surface area contributed by atoms with E-state index in [-0.39, 0.29) is 11.6 Å². The van der Waals surface area contributed by atoms with Crippen molar-refractivity contribution in [1.82, 2.24) is 14.5 Å². The Morgan fingerprint density at radius 2 is 1.93 bits per heavy atom. The van der Waals surface area contributed by atoms with Crippen molar-refractivity contribution >= 4 is 11.0 Å². The van der Waals surface area contributed by atoms with Gasteiger partial charge in [-0.25, -0.2) is 9.78 Å². The highest BCUT2D eigenvalue weighted by Crippen LogP contribution is 2.31. The number of benzene rings is 1. The van der Waals surface area contributed by atoms with Crippen molar-refractivity contribution in [2.24, 2.45) is 0 Å². The number of hydrogen-bond donors (Lipinski definition) is 2. The van der Waals surface area contributed by atoms with E-state index < -0.39 is 23.4 Å². The van der Waals surface area contributed by atoms with Crippen molar-refractivity contribution in [3.63, 3.8) is 0 Å². The maximum Gasteiger partial charge on any atom is 0.417 e. The lowest BCUT2D eigenvalue weighted by Gasteiger charge is -2.26. The Hall–Kier alpha value is -2.81. The fourth-order valence-corrected chi connectivity index (χ4v) is 2.59. The molecule has 0 amide bonds. The van der Waals surface area contributed by atoms with E-state index in [0.29, 0.717) is 23.0 Å². The highest BCUT2D eigenvalue weighted by Gasteiger charge is 2.31. The number of fused-ring (bicyclic) bond motifs is 1. The third-order valence-electron chi connectivity index (χ3n) is 4.38. The molecule has 2 N–H and O–H groups in total. The number of nitrogens with one attached hydrogen (secondary N) is 1. The van der Waals surface area contributed by atoms with Crippen molar-refractivity contribution in [2.75, 3.05) is 0 Å². The molecule has 0 aliphatic heterocycles. The minimum absolute atomic E-state index is 0.0117. The number of aromatic nitrogens is 3. The van der Waals surface area contributed by atoms with Crippen LogP contribution in [0.3, 0.4) is 0 Å². The molecule has 2 aromatic heterocycles. The molecule has 27 heavy (non-hydrogen) atoms.